The molecule has 0 bridgehead atoms. The minimum absolute atomic E-state index is 0.0722. The largest absolute Gasteiger partial charge is 0.0651 e. The molecule has 0 spiro atoms. The molecule has 6 rings (SSSR count). The summed E-state index contributed by atoms with van der Waals surface area (Å²) in [7, 11) is -0.477. The fourth-order valence-corrected chi connectivity index (χ4v) is 13.0. The number of benzene rings is 4. The van der Waals surface area contributed by atoms with Crippen LogP contribution in [0.5, 0.6) is 0 Å². The van der Waals surface area contributed by atoms with Gasteiger partial charge < -0.3 is 0 Å². The molecule has 63 heavy (non-hydrogen) atoms. The molecular weight excluding hydrogens is 773 g/mol. The average Bonchev–Trinajstić information content (AvgIpc) is 3.72. The topological polar surface area (TPSA) is 0 Å². The van der Waals surface area contributed by atoms with Gasteiger partial charge in [0.25, 0.3) is 0 Å². The quantitative estimate of drug-likeness (QED) is 0.139. The summed E-state index contributed by atoms with van der Waals surface area (Å²) in [6, 6.07) is 27.9. The summed E-state index contributed by atoms with van der Waals surface area (Å²) in [5.74, 6) is 0.964. The van der Waals surface area contributed by atoms with E-state index in [0.29, 0.717) is 11.8 Å². The van der Waals surface area contributed by atoms with Gasteiger partial charge in [-0.2, -0.15) is 0 Å². The van der Waals surface area contributed by atoms with Crippen molar-refractivity contribution in [2.24, 2.45) is 10.8 Å². The minimum Gasteiger partial charge on any atom is -0.0651 e. The Morgan fingerprint density at radius 2 is 0.698 bits per heavy atom. The van der Waals surface area contributed by atoms with Gasteiger partial charge in [0.15, 0.2) is 0 Å². The van der Waals surface area contributed by atoms with Crippen molar-refractivity contribution < 1.29 is 0 Å². The normalized spacial score (nSPS) is 17.4. The predicted octanol–water partition coefficient (Wildman–Crippen LogP) is 17.9. The van der Waals surface area contributed by atoms with E-state index >= 15 is 0 Å². The van der Waals surface area contributed by atoms with E-state index in [4.69, 9.17) is 0 Å². The maximum absolute atomic E-state index is 2.67. The van der Waals surface area contributed by atoms with E-state index in [9.17, 15) is 0 Å². The first-order valence-electron chi connectivity index (χ1n) is 25.0. The molecule has 2 atom stereocenters. The Hall–Kier alpha value is -3.42. The molecule has 2 aliphatic rings. The second kappa shape index (κ2) is 17.4. The third-order valence-electron chi connectivity index (χ3n) is 14.5. The molecule has 0 amide bonds. The Bertz CT molecular complexity index is 2150. The van der Waals surface area contributed by atoms with Crippen LogP contribution in [0.4, 0.5) is 0 Å². The number of hydrogen-bond donors (Lipinski definition) is 0. The van der Waals surface area contributed by atoms with Crippen LogP contribution in [0.25, 0.3) is 34.4 Å². The van der Waals surface area contributed by atoms with Crippen molar-refractivity contribution in [1.82, 2.24) is 0 Å². The van der Waals surface area contributed by atoms with Gasteiger partial charge >= 0.3 is 0 Å². The highest BCUT2D eigenvalue weighted by Crippen LogP contribution is 2.54. The van der Waals surface area contributed by atoms with Crippen LogP contribution >= 0.6 is 0 Å². The third kappa shape index (κ3) is 10.4. The molecule has 340 valence electrons. The third-order valence-corrected chi connectivity index (χ3v) is 16.5. The summed E-state index contributed by atoms with van der Waals surface area (Å²) in [6.07, 6.45) is 9.86. The molecule has 0 N–H and O–H groups in total. The minimum atomic E-state index is -0.477. The Morgan fingerprint density at radius 1 is 0.397 bits per heavy atom. The van der Waals surface area contributed by atoms with Gasteiger partial charge in [0.1, 0.15) is 0 Å². The van der Waals surface area contributed by atoms with Gasteiger partial charge in [0.2, 0.25) is 0 Å². The van der Waals surface area contributed by atoms with Crippen LogP contribution in [0.3, 0.4) is 0 Å². The highest BCUT2D eigenvalue weighted by atomic mass is 28.2. The summed E-state index contributed by atoms with van der Waals surface area (Å²) >= 11 is 0. The zero-order chi connectivity index (χ0) is 46.8. The van der Waals surface area contributed by atoms with Crippen LogP contribution in [0, 0.1) is 10.8 Å². The summed E-state index contributed by atoms with van der Waals surface area (Å²) in [5.41, 5.74) is 24.5. The van der Waals surface area contributed by atoms with Crippen LogP contribution in [-0.4, -0.2) is 9.52 Å². The lowest BCUT2D eigenvalue weighted by Gasteiger charge is -2.30. The first-order chi connectivity index (χ1) is 28.9. The van der Waals surface area contributed by atoms with Crippen LogP contribution in [-0.2, 0) is 34.5 Å². The monoisotopic (exact) mass is 861 g/mol. The maximum Gasteiger partial charge on any atom is 0.0218 e. The van der Waals surface area contributed by atoms with E-state index in [2.05, 4.69) is 211 Å². The van der Waals surface area contributed by atoms with Crippen molar-refractivity contribution in [1.29, 1.82) is 0 Å². The Balaban J connectivity index is 1.44. The zero-order valence-corrected chi connectivity index (χ0v) is 45.4. The molecule has 0 aliphatic heterocycles. The number of rotatable bonds is 10. The summed E-state index contributed by atoms with van der Waals surface area (Å²) in [5, 5.41) is 0. The summed E-state index contributed by atoms with van der Waals surface area (Å²) < 4.78 is 0. The van der Waals surface area contributed by atoms with E-state index in [1.54, 1.807) is 22.3 Å². The van der Waals surface area contributed by atoms with Crippen molar-refractivity contribution in [2.45, 2.75) is 210 Å². The van der Waals surface area contributed by atoms with Gasteiger partial charge in [-0.3, -0.25) is 0 Å². The van der Waals surface area contributed by atoms with E-state index in [0.717, 1.165) is 25.7 Å². The lowest BCUT2D eigenvalue weighted by Crippen LogP contribution is -2.18. The lowest BCUT2D eigenvalue weighted by molar-refractivity contribution is 0.475. The van der Waals surface area contributed by atoms with Crippen molar-refractivity contribution in [3.63, 3.8) is 0 Å². The molecule has 0 saturated heterocycles. The first-order valence-corrected chi connectivity index (χ1v) is 27.0. The molecule has 0 radical (unpaired) electrons. The molecule has 0 aromatic heterocycles. The molecule has 1 heteroatoms. The molecule has 0 nitrogen and oxygen atoms in total. The van der Waals surface area contributed by atoms with Crippen molar-refractivity contribution >= 4 is 21.7 Å². The first kappa shape index (κ1) is 49.0. The van der Waals surface area contributed by atoms with Crippen LogP contribution < -0.4 is 0 Å². The molecule has 4 aromatic carbocycles. The van der Waals surface area contributed by atoms with Gasteiger partial charge in [-0.05, 0) is 123 Å². The second-order valence-electron chi connectivity index (χ2n) is 26.0. The Labute approximate surface area is 390 Å². The molecule has 0 saturated carbocycles. The highest BCUT2D eigenvalue weighted by Gasteiger charge is 2.38. The molecule has 0 fully saturated rings. The summed E-state index contributed by atoms with van der Waals surface area (Å²) in [4.78, 5) is 0. The van der Waals surface area contributed by atoms with Crippen molar-refractivity contribution in [3.8, 4) is 22.3 Å². The van der Waals surface area contributed by atoms with Crippen LogP contribution in [0.15, 0.2) is 71.8 Å². The van der Waals surface area contributed by atoms with E-state index in [-0.39, 0.29) is 32.5 Å². The summed E-state index contributed by atoms with van der Waals surface area (Å²) in [6.45, 7) is 48.0. The Morgan fingerprint density at radius 3 is 0.952 bits per heavy atom. The maximum atomic E-state index is 2.67. The standard InChI is InChI=1S/C62H88Si/c1-21-23-39-25-27-47-49(55(39)41-29-43(57(3,4)5)33-44(30-41)58(6,7)8)35-53(61(15,16)17)51(47)37-63-38-52-48-28-26-40(24-22-2)56(50(48)36-54(52)62(18,19)20)42-31-45(59(9,10)11)34-46(32-42)60(12,13)14/h25-36,51-52H,21-24,37-38,63H2,1-20H3. The van der Waals surface area contributed by atoms with Gasteiger partial charge in [0.05, 0.1) is 0 Å². The van der Waals surface area contributed by atoms with Crippen LogP contribution in [0.2, 0.25) is 12.1 Å². The smallest absolute Gasteiger partial charge is 0.0218 e. The molecule has 4 aromatic rings. The Kier molecular flexibility index (Phi) is 13.6. The molecule has 0 heterocycles. The van der Waals surface area contributed by atoms with Gasteiger partial charge in [-0.25, -0.2) is 0 Å². The predicted molar refractivity (Wildman–Crippen MR) is 285 cm³/mol. The van der Waals surface area contributed by atoms with Gasteiger partial charge in [-0.15, -0.1) is 0 Å². The van der Waals surface area contributed by atoms with Crippen LogP contribution in [0.1, 0.15) is 219 Å². The fraction of sp³-hybridized carbons (Fsp3) is 0.548. The average molecular weight is 861 g/mol. The van der Waals surface area contributed by atoms with E-state index in [1.165, 1.54) is 78.8 Å². The number of fused-ring (bicyclic) bond motifs is 2. The SMILES string of the molecule is CCCc1ccc2c(c1-c1cc(C(C)(C)C)cc(C(C)(C)C)c1)C=C(C(C)(C)C)C2C[SiH2]CC1C(C(C)(C)C)=Cc2c1ccc(CCC)c2-c1cc(C(C)(C)C)cc(C(C)(C)C)c1. The molecular formula is C62H88Si. The number of allylic oxidation sites excluding steroid dienone is 2. The second-order valence-corrected chi connectivity index (χ2v) is 27.9. The van der Waals surface area contributed by atoms with E-state index in [1.807, 2.05) is 0 Å². The number of aryl methyl sites for hydroxylation is 2. The lowest BCUT2D eigenvalue weighted by atomic mass is 9.77. The number of hydrogen-bond acceptors (Lipinski definition) is 0. The zero-order valence-electron chi connectivity index (χ0n) is 44.0. The fourth-order valence-electron chi connectivity index (χ4n) is 10.7. The highest BCUT2D eigenvalue weighted by molar-refractivity contribution is 6.36. The molecule has 2 aliphatic carbocycles. The molecule has 2 unspecified atom stereocenters. The van der Waals surface area contributed by atoms with Crippen molar-refractivity contribution in [3.05, 3.63) is 127 Å². The van der Waals surface area contributed by atoms with E-state index < -0.39 is 9.52 Å². The van der Waals surface area contributed by atoms with Gasteiger partial charge in [-0.1, -0.05) is 247 Å². The van der Waals surface area contributed by atoms with Gasteiger partial charge in [0, 0.05) is 21.4 Å². The van der Waals surface area contributed by atoms with Crippen molar-refractivity contribution in [2.75, 3.05) is 0 Å².